The van der Waals surface area contributed by atoms with E-state index < -0.39 is 9.12 Å². The van der Waals surface area contributed by atoms with Crippen LogP contribution in [0.3, 0.4) is 0 Å². The van der Waals surface area contributed by atoms with E-state index in [2.05, 4.69) is 24.3 Å². The van der Waals surface area contributed by atoms with Crippen molar-refractivity contribution in [2.24, 2.45) is 0 Å². The average Bonchev–Trinajstić information content (AvgIpc) is 2.75. The van der Waals surface area contributed by atoms with Gasteiger partial charge in [0.05, 0.1) is 0 Å². The molecule has 0 nitrogen and oxygen atoms in total. The molecule has 2 rings (SSSR count). The van der Waals surface area contributed by atoms with Gasteiger partial charge in [-0.1, -0.05) is 0 Å². The molecule has 0 saturated heterocycles. The molecule has 0 saturated carbocycles. The molecule has 0 atom stereocenters. The van der Waals surface area contributed by atoms with Crippen LogP contribution >= 0.6 is 40.2 Å². The molecular weight excluding hydrogens is 328 g/mol. The van der Waals surface area contributed by atoms with Gasteiger partial charge in [0.1, 0.15) is 0 Å². The fourth-order valence-corrected chi connectivity index (χ4v) is 18.3. The van der Waals surface area contributed by atoms with Gasteiger partial charge in [-0.05, 0) is 0 Å². The van der Waals surface area contributed by atoms with E-state index >= 15 is 0 Å². The molecule has 1 aromatic rings. The number of hydrogen-bond donors (Lipinski definition) is 0. The second-order valence-corrected chi connectivity index (χ2v) is 28.5. The Morgan fingerprint density at radius 1 is 1.27 bits per heavy atom. The number of allylic oxidation sites excluding steroid dienone is 2. The van der Waals surface area contributed by atoms with Crippen molar-refractivity contribution in [2.45, 2.75) is 10.1 Å². The van der Waals surface area contributed by atoms with Gasteiger partial charge in [-0.2, -0.15) is 0 Å². The third-order valence-electron chi connectivity index (χ3n) is 1.85. The van der Waals surface area contributed by atoms with E-state index in [0.29, 0.717) is 5.25 Å². The maximum atomic E-state index is 6.42. The monoisotopic (exact) mass is 337 g/mol. The van der Waals surface area contributed by atoms with E-state index in [-0.39, 0.29) is 0 Å². The molecule has 0 amide bonds. The molecule has 80 valence electrons. The first kappa shape index (κ1) is 12.1. The van der Waals surface area contributed by atoms with E-state index in [1.54, 1.807) is 20.2 Å². The zero-order chi connectivity index (χ0) is 10.7. The molecule has 0 heterocycles. The molecule has 1 aliphatic carbocycles. The molecule has 0 fully saturated rings. The number of halogens is 2. The summed E-state index contributed by atoms with van der Waals surface area (Å²) >= 11 is 0. The summed E-state index contributed by atoms with van der Waals surface area (Å²) in [5.74, 6) is 0. The van der Waals surface area contributed by atoms with Gasteiger partial charge in [0.15, 0.2) is 0 Å². The molecule has 0 aromatic heterocycles. The van der Waals surface area contributed by atoms with Crippen LogP contribution in [0.25, 0.3) is 0 Å². The Morgan fingerprint density at radius 3 is 2.60 bits per heavy atom. The molecule has 15 heavy (non-hydrogen) atoms. The summed E-state index contributed by atoms with van der Waals surface area (Å²) in [5, 5.41) is 0.363. The fraction of sp³-hybridized carbons (Fsp3) is 0.100. The van der Waals surface area contributed by atoms with Gasteiger partial charge < -0.3 is 0 Å². The standard InChI is InChI=1S/C10H9Cl2GeS2/c11-13(12,14-9-5-1-2-6-9)15-10-7-3-4-8-10/h1-9H/q-1. The maximum absolute atomic E-state index is 6.42. The van der Waals surface area contributed by atoms with Gasteiger partial charge in [0, 0.05) is 0 Å². The van der Waals surface area contributed by atoms with Crippen LogP contribution in [0, 0.1) is 0 Å². The summed E-state index contributed by atoms with van der Waals surface area (Å²) in [7, 11) is 13.4. The summed E-state index contributed by atoms with van der Waals surface area (Å²) < 4.78 is 0. The van der Waals surface area contributed by atoms with E-state index in [1.807, 2.05) is 24.3 Å². The van der Waals surface area contributed by atoms with Crippen LogP contribution in [0.1, 0.15) is 0 Å². The Bertz CT molecular complexity index is 359. The van der Waals surface area contributed by atoms with Crippen molar-refractivity contribution in [3.8, 4) is 0 Å². The molecule has 0 N–H and O–H groups in total. The van der Waals surface area contributed by atoms with Crippen molar-refractivity contribution in [3.05, 3.63) is 48.6 Å². The van der Waals surface area contributed by atoms with Crippen LogP contribution < -0.4 is 0 Å². The third kappa shape index (κ3) is 3.86. The first-order valence-corrected chi connectivity index (χ1v) is 16.8. The fourth-order valence-electron chi connectivity index (χ4n) is 1.23. The summed E-state index contributed by atoms with van der Waals surface area (Å²) in [4.78, 5) is 1.18. The Balaban J connectivity index is 1.94. The Kier molecular flexibility index (Phi) is 4.30. The van der Waals surface area contributed by atoms with E-state index in [0.717, 1.165) is 0 Å². The second kappa shape index (κ2) is 5.32. The molecule has 0 bridgehead atoms. The molecule has 0 unspecified atom stereocenters. The molecular formula is C10H9Cl2GeS2-. The first-order chi connectivity index (χ1) is 7.16. The molecule has 1 aliphatic rings. The first-order valence-electron chi connectivity index (χ1n) is 4.47. The number of hydrogen-bond acceptors (Lipinski definition) is 2. The SMILES string of the molecule is [Cl][Ge]([Cl])([S]c1cc[cH-]c1)[S]C1C=CC=C1. The van der Waals surface area contributed by atoms with Crippen molar-refractivity contribution in [2.75, 3.05) is 0 Å². The molecule has 0 radical (unpaired) electrons. The minimum absolute atomic E-state index is 0.363. The van der Waals surface area contributed by atoms with Crippen molar-refractivity contribution in [1.82, 2.24) is 0 Å². The molecule has 0 aliphatic heterocycles. The predicted molar refractivity (Wildman–Crippen MR) is 75.0 cm³/mol. The van der Waals surface area contributed by atoms with Crippen molar-refractivity contribution in [1.29, 1.82) is 0 Å². The van der Waals surface area contributed by atoms with E-state index in [9.17, 15) is 0 Å². The van der Waals surface area contributed by atoms with Gasteiger partial charge in [-0.3, -0.25) is 0 Å². The van der Waals surface area contributed by atoms with Crippen molar-refractivity contribution in [3.63, 3.8) is 0 Å². The van der Waals surface area contributed by atoms with Crippen LogP contribution in [-0.2, 0) is 0 Å². The Hall–Kier alpha value is 0.653. The van der Waals surface area contributed by atoms with Gasteiger partial charge in [-0.25, -0.2) is 0 Å². The normalized spacial score (nSPS) is 16.4. The zero-order valence-electron chi connectivity index (χ0n) is 7.77. The van der Waals surface area contributed by atoms with Crippen molar-refractivity contribution < 1.29 is 0 Å². The third-order valence-corrected chi connectivity index (χ3v) is 17.9. The molecule has 5 heteroatoms. The Morgan fingerprint density at radius 2 is 2.00 bits per heavy atom. The molecule has 1 aromatic carbocycles. The predicted octanol–water partition coefficient (Wildman–Crippen LogP) is 4.64. The van der Waals surface area contributed by atoms with Crippen LogP contribution in [-0.4, -0.2) is 14.4 Å². The topological polar surface area (TPSA) is 0 Å². The van der Waals surface area contributed by atoms with Gasteiger partial charge >= 0.3 is 108 Å². The molecule has 0 spiro atoms. The van der Waals surface area contributed by atoms with E-state index in [1.165, 1.54) is 4.90 Å². The van der Waals surface area contributed by atoms with Crippen LogP contribution in [0.5, 0.6) is 0 Å². The van der Waals surface area contributed by atoms with Gasteiger partial charge in [-0.15, -0.1) is 0 Å². The zero-order valence-corrected chi connectivity index (χ0v) is 13.0. The summed E-state index contributed by atoms with van der Waals surface area (Å²) in [5.41, 5.74) is 0. The van der Waals surface area contributed by atoms with Crippen LogP contribution in [0.2, 0.25) is 0 Å². The van der Waals surface area contributed by atoms with Gasteiger partial charge in [0.25, 0.3) is 0 Å². The van der Waals surface area contributed by atoms with Gasteiger partial charge in [0.2, 0.25) is 0 Å². The summed E-state index contributed by atoms with van der Waals surface area (Å²) in [6.45, 7) is 0. The summed E-state index contributed by atoms with van der Waals surface area (Å²) in [6, 6.07) is 8.12. The van der Waals surface area contributed by atoms with Crippen molar-refractivity contribution >= 4 is 49.3 Å². The minimum atomic E-state index is -2.81. The van der Waals surface area contributed by atoms with Crippen LogP contribution in [0.4, 0.5) is 0 Å². The second-order valence-electron chi connectivity index (χ2n) is 3.04. The average molecular weight is 337 g/mol. The Labute approximate surface area is 107 Å². The van der Waals surface area contributed by atoms with E-state index in [4.69, 9.17) is 20.0 Å². The quantitative estimate of drug-likeness (QED) is 0.580. The van der Waals surface area contributed by atoms with Crippen LogP contribution in [0.15, 0.2) is 53.5 Å². The number of rotatable bonds is 4. The summed E-state index contributed by atoms with van der Waals surface area (Å²) in [6.07, 6.45) is 8.33.